The summed E-state index contributed by atoms with van der Waals surface area (Å²) in [5.74, 6) is 0.553. The highest BCUT2D eigenvalue weighted by Crippen LogP contribution is 2.28. The molecule has 0 aliphatic heterocycles. The standard InChI is InChI=1S/C13H13Br/c1-10-2-4-11(5-3-10)12-6-8-13(14)9-7-12/h2-6,8-9,12H,7H2,1H3. The average Bonchev–Trinajstić information content (AvgIpc) is 2.21. The minimum atomic E-state index is 0.553. The molecule has 0 saturated carbocycles. The maximum atomic E-state index is 3.47. The van der Waals surface area contributed by atoms with Gasteiger partial charge in [-0.2, -0.15) is 0 Å². The van der Waals surface area contributed by atoms with Crippen LogP contribution in [0.1, 0.15) is 23.5 Å². The van der Waals surface area contributed by atoms with Crippen molar-refractivity contribution in [2.45, 2.75) is 19.3 Å². The van der Waals surface area contributed by atoms with E-state index in [1.807, 2.05) is 0 Å². The SMILES string of the molecule is Cc1ccc(C2C=CC(Br)=CC2)cc1. The van der Waals surface area contributed by atoms with Gasteiger partial charge in [0.2, 0.25) is 0 Å². The Bertz CT molecular complexity index is 371. The van der Waals surface area contributed by atoms with Gasteiger partial charge in [0.15, 0.2) is 0 Å². The Kier molecular flexibility index (Phi) is 2.87. The van der Waals surface area contributed by atoms with Crippen LogP contribution in [0, 0.1) is 6.92 Å². The van der Waals surface area contributed by atoms with Crippen LogP contribution in [0.3, 0.4) is 0 Å². The van der Waals surface area contributed by atoms with Crippen LogP contribution in [-0.4, -0.2) is 0 Å². The first kappa shape index (κ1) is 9.72. The molecule has 1 heteroatoms. The van der Waals surface area contributed by atoms with Gasteiger partial charge < -0.3 is 0 Å². The molecule has 0 heterocycles. The number of rotatable bonds is 1. The Balaban J connectivity index is 2.18. The molecule has 1 unspecified atom stereocenters. The molecule has 14 heavy (non-hydrogen) atoms. The summed E-state index contributed by atoms with van der Waals surface area (Å²) < 4.78 is 1.20. The fourth-order valence-corrected chi connectivity index (χ4v) is 1.99. The van der Waals surface area contributed by atoms with Gasteiger partial charge >= 0.3 is 0 Å². The molecule has 0 N–H and O–H groups in total. The van der Waals surface area contributed by atoms with Crippen molar-refractivity contribution in [3.8, 4) is 0 Å². The van der Waals surface area contributed by atoms with E-state index in [1.54, 1.807) is 0 Å². The van der Waals surface area contributed by atoms with Crippen LogP contribution in [0.25, 0.3) is 0 Å². The van der Waals surface area contributed by atoms with E-state index >= 15 is 0 Å². The summed E-state index contributed by atoms with van der Waals surface area (Å²) in [4.78, 5) is 0. The van der Waals surface area contributed by atoms with Crippen LogP contribution in [0.5, 0.6) is 0 Å². The second kappa shape index (κ2) is 4.14. The lowest BCUT2D eigenvalue weighted by molar-refractivity contribution is 0.852. The molecule has 1 aromatic carbocycles. The van der Waals surface area contributed by atoms with Gasteiger partial charge in [-0.15, -0.1) is 0 Å². The van der Waals surface area contributed by atoms with E-state index in [1.165, 1.54) is 15.6 Å². The normalized spacial score (nSPS) is 20.7. The largest absolute Gasteiger partial charge is 0.0756 e. The Labute approximate surface area is 93.5 Å². The van der Waals surface area contributed by atoms with Crippen molar-refractivity contribution < 1.29 is 0 Å². The van der Waals surface area contributed by atoms with Crippen molar-refractivity contribution in [3.05, 3.63) is 58.1 Å². The molecule has 72 valence electrons. The summed E-state index contributed by atoms with van der Waals surface area (Å²) in [7, 11) is 0. The smallest absolute Gasteiger partial charge is 0.0132 e. The number of halogens is 1. The van der Waals surface area contributed by atoms with Crippen LogP contribution in [-0.2, 0) is 0 Å². The predicted octanol–water partition coefficient (Wildman–Crippen LogP) is 4.32. The first-order chi connectivity index (χ1) is 6.75. The van der Waals surface area contributed by atoms with Gasteiger partial charge in [0.1, 0.15) is 0 Å². The summed E-state index contributed by atoms with van der Waals surface area (Å²) in [6.45, 7) is 2.12. The highest BCUT2D eigenvalue weighted by atomic mass is 79.9. The van der Waals surface area contributed by atoms with Crippen LogP contribution >= 0.6 is 15.9 Å². The number of benzene rings is 1. The zero-order chi connectivity index (χ0) is 9.97. The lowest BCUT2D eigenvalue weighted by Crippen LogP contribution is -1.96. The van der Waals surface area contributed by atoms with Gasteiger partial charge in [0.25, 0.3) is 0 Å². The van der Waals surface area contributed by atoms with Gasteiger partial charge in [0.05, 0.1) is 0 Å². The molecular formula is C13H13Br. The lowest BCUT2D eigenvalue weighted by Gasteiger charge is -2.14. The van der Waals surface area contributed by atoms with Crippen LogP contribution < -0.4 is 0 Å². The van der Waals surface area contributed by atoms with E-state index < -0.39 is 0 Å². The third kappa shape index (κ3) is 2.16. The molecule has 0 nitrogen and oxygen atoms in total. The molecule has 1 atom stereocenters. The number of hydrogen-bond acceptors (Lipinski definition) is 0. The average molecular weight is 249 g/mol. The third-order valence-corrected chi connectivity index (χ3v) is 3.15. The highest BCUT2D eigenvalue weighted by Gasteiger charge is 2.09. The Morgan fingerprint density at radius 2 is 1.93 bits per heavy atom. The summed E-state index contributed by atoms with van der Waals surface area (Å²) >= 11 is 3.47. The molecular weight excluding hydrogens is 236 g/mol. The zero-order valence-electron chi connectivity index (χ0n) is 8.20. The van der Waals surface area contributed by atoms with E-state index in [0.717, 1.165) is 6.42 Å². The van der Waals surface area contributed by atoms with Crippen molar-refractivity contribution in [1.82, 2.24) is 0 Å². The number of aryl methyl sites for hydroxylation is 1. The van der Waals surface area contributed by atoms with Crippen LogP contribution in [0.15, 0.2) is 47.0 Å². The molecule has 0 amide bonds. The van der Waals surface area contributed by atoms with E-state index in [4.69, 9.17) is 0 Å². The van der Waals surface area contributed by atoms with Crippen molar-refractivity contribution >= 4 is 15.9 Å². The molecule has 0 saturated heterocycles. The summed E-state index contributed by atoms with van der Waals surface area (Å²) in [5.41, 5.74) is 2.73. The van der Waals surface area contributed by atoms with Gasteiger partial charge in [-0.3, -0.25) is 0 Å². The van der Waals surface area contributed by atoms with Crippen molar-refractivity contribution in [2.75, 3.05) is 0 Å². The summed E-state index contributed by atoms with van der Waals surface area (Å²) in [6.07, 6.45) is 7.72. The molecule has 1 aliphatic carbocycles. The summed E-state index contributed by atoms with van der Waals surface area (Å²) in [5, 5.41) is 0. The Morgan fingerprint density at radius 1 is 1.21 bits per heavy atom. The van der Waals surface area contributed by atoms with E-state index in [-0.39, 0.29) is 0 Å². The fourth-order valence-electron chi connectivity index (χ4n) is 1.66. The molecule has 1 aliphatic rings. The van der Waals surface area contributed by atoms with Crippen LogP contribution in [0.2, 0.25) is 0 Å². The number of hydrogen-bond donors (Lipinski definition) is 0. The first-order valence-electron chi connectivity index (χ1n) is 4.86. The van der Waals surface area contributed by atoms with Gasteiger partial charge in [0, 0.05) is 10.4 Å². The van der Waals surface area contributed by atoms with Crippen LogP contribution in [0.4, 0.5) is 0 Å². The summed E-state index contributed by atoms with van der Waals surface area (Å²) in [6, 6.07) is 8.79. The van der Waals surface area contributed by atoms with E-state index in [9.17, 15) is 0 Å². The number of allylic oxidation sites excluding steroid dienone is 4. The minimum absolute atomic E-state index is 0.553. The predicted molar refractivity (Wildman–Crippen MR) is 64.7 cm³/mol. The molecule has 2 rings (SSSR count). The topological polar surface area (TPSA) is 0 Å². The fraction of sp³-hybridized carbons (Fsp3) is 0.231. The Morgan fingerprint density at radius 3 is 2.50 bits per heavy atom. The molecule has 0 aromatic heterocycles. The quantitative estimate of drug-likeness (QED) is 0.695. The van der Waals surface area contributed by atoms with Gasteiger partial charge in [-0.25, -0.2) is 0 Å². The maximum Gasteiger partial charge on any atom is 0.0132 e. The lowest BCUT2D eigenvalue weighted by atomic mass is 9.92. The minimum Gasteiger partial charge on any atom is -0.0756 e. The molecule has 0 radical (unpaired) electrons. The second-order valence-electron chi connectivity index (χ2n) is 3.70. The molecule has 1 aromatic rings. The van der Waals surface area contributed by atoms with Gasteiger partial charge in [-0.05, 0) is 18.9 Å². The van der Waals surface area contributed by atoms with Crippen molar-refractivity contribution in [3.63, 3.8) is 0 Å². The Hall–Kier alpha value is -0.820. The maximum absolute atomic E-state index is 3.47. The van der Waals surface area contributed by atoms with E-state index in [0.29, 0.717) is 5.92 Å². The molecule has 0 bridgehead atoms. The zero-order valence-corrected chi connectivity index (χ0v) is 9.79. The highest BCUT2D eigenvalue weighted by molar-refractivity contribution is 9.11. The first-order valence-corrected chi connectivity index (χ1v) is 5.65. The van der Waals surface area contributed by atoms with Gasteiger partial charge in [-0.1, -0.05) is 64.0 Å². The van der Waals surface area contributed by atoms with Crippen molar-refractivity contribution in [2.24, 2.45) is 0 Å². The molecule has 0 fully saturated rings. The molecule has 0 spiro atoms. The monoisotopic (exact) mass is 248 g/mol. The third-order valence-electron chi connectivity index (χ3n) is 2.56. The van der Waals surface area contributed by atoms with E-state index in [2.05, 4.69) is 65.3 Å². The second-order valence-corrected chi connectivity index (χ2v) is 4.62. The van der Waals surface area contributed by atoms with Crippen molar-refractivity contribution in [1.29, 1.82) is 0 Å².